The van der Waals surface area contributed by atoms with Crippen molar-refractivity contribution in [3.8, 4) is 28.3 Å². The maximum Gasteiger partial charge on any atom is 0.196 e. The molecule has 0 amide bonds. The molecule has 6 heteroatoms. The Kier molecular flexibility index (Phi) is 5.52. The molecule has 2 aromatic heterocycles. The SMILES string of the molecule is CC(=O)CSc1nnc(-c2cc(-c3ccccc3)nc3ccccc23)n1-c1ccccc1. The highest BCUT2D eigenvalue weighted by Crippen LogP contribution is 2.34. The van der Waals surface area contributed by atoms with Crippen molar-refractivity contribution in [3.63, 3.8) is 0 Å². The van der Waals surface area contributed by atoms with Crippen molar-refractivity contribution in [3.05, 3.63) is 91.0 Å². The Balaban J connectivity index is 1.76. The van der Waals surface area contributed by atoms with Gasteiger partial charge in [-0.3, -0.25) is 9.36 Å². The van der Waals surface area contributed by atoms with Crippen molar-refractivity contribution >= 4 is 28.4 Å². The first-order chi connectivity index (χ1) is 15.7. The van der Waals surface area contributed by atoms with E-state index < -0.39 is 0 Å². The molecule has 5 rings (SSSR count). The molecule has 0 N–H and O–H groups in total. The van der Waals surface area contributed by atoms with Gasteiger partial charge in [-0.15, -0.1) is 10.2 Å². The summed E-state index contributed by atoms with van der Waals surface area (Å²) in [5.74, 6) is 1.16. The zero-order chi connectivity index (χ0) is 21.9. The minimum Gasteiger partial charge on any atom is -0.299 e. The van der Waals surface area contributed by atoms with Crippen LogP contribution in [0.3, 0.4) is 0 Å². The van der Waals surface area contributed by atoms with Gasteiger partial charge in [0.2, 0.25) is 0 Å². The average Bonchev–Trinajstić information content (AvgIpc) is 3.27. The van der Waals surface area contributed by atoms with Gasteiger partial charge < -0.3 is 0 Å². The van der Waals surface area contributed by atoms with Gasteiger partial charge in [-0.25, -0.2) is 4.98 Å². The van der Waals surface area contributed by atoms with Gasteiger partial charge in [0, 0.05) is 22.2 Å². The van der Waals surface area contributed by atoms with Crippen LogP contribution < -0.4 is 0 Å². The summed E-state index contributed by atoms with van der Waals surface area (Å²) in [6.07, 6.45) is 0. The minimum absolute atomic E-state index is 0.0971. The summed E-state index contributed by atoms with van der Waals surface area (Å²) in [4.78, 5) is 16.5. The predicted octanol–water partition coefficient (Wildman–Crippen LogP) is 5.83. The maximum absolute atomic E-state index is 11.6. The van der Waals surface area contributed by atoms with Crippen LogP contribution >= 0.6 is 11.8 Å². The smallest absolute Gasteiger partial charge is 0.196 e. The fourth-order valence-electron chi connectivity index (χ4n) is 3.63. The standard InChI is InChI=1S/C26H20N4OS/c1-18(31)17-32-26-29-28-25(30(26)20-12-6-3-7-13-20)22-16-24(19-10-4-2-5-11-19)27-23-15-9-8-14-21(22)23/h2-16H,17H2,1H3. The highest BCUT2D eigenvalue weighted by atomic mass is 32.2. The lowest BCUT2D eigenvalue weighted by molar-refractivity contribution is -0.114. The molecule has 0 saturated heterocycles. The fraction of sp³-hybridized carbons (Fsp3) is 0.0769. The Morgan fingerprint density at radius 3 is 2.31 bits per heavy atom. The van der Waals surface area contributed by atoms with Crippen LogP contribution in [0.15, 0.2) is 96.2 Å². The Morgan fingerprint density at radius 2 is 1.56 bits per heavy atom. The number of aromatic nitrogens is 4. The number of fused-ring (bicyclic) bond motifs is 1. The molecule has 0 aliphatic heterocycles. The van der Waals surface area contributed by atoms with Gasteiger partial charge >= 0.3 is 0 Å². The van der Waals surface area contributed by atoms with Crippen LogP contribution in [0.25, 0.3) is 39.2 Å². The molecule has 0 atom stereocenters. The summed E-state index contributed by atoms with van der Waals surface area (Å²) in [6.45, 7) is 1.58. The third kappa shape index (κ3) is 3.92. The van der Waals surface area contributed by atoms with Gasteiger partial charge in [-0.2, -0.15) is 0 Å². The number of pyridine rings is 1. The van der Waals surface area contributed by atoms with E-state index in [4.69, 9.17) is 4.98 Å². The Hall–Kier alpha value is -3.77. The van der Waals surface area contributed by atoms with E-state index in [1.807, 2.05) is 71.3 Å². The van der Waals surface area contributed by atoms with E-state index in [0.29, 0.717) is 10.9 Å². The number of hydrogen-bond acceptors (Lipinski definition) is 5. The van der Waals surface area contributed by atoms with Gasteiger partial charge in [0.05, 0.1) is 17.0 Å². The van der Waals surface area contributed by atoms with Gasteiger partial charge in [0.15, 0.2) is 11.0 Å². The Morgan fingerprint density at radius 1 is 0.875 bits per heavy atom. The molecule has 5 nitrogen and oxygen atoms in total. The van der Waals surface area contributed by atoms with Crippen molar-refractivity contribution in [2.24, 2.45) is 0 Å². The lowest BCUT2D eigenvalue weighted by atomic mass is 10.0. The summed E-state index contributed by atoms with van der Waals surface area (Å²) in [5.41, 5.74) is 4.70. The largest absolute Gasteiger partial charge is 0.299 e. The van der Waals surface area contributed by atoms with Crippen LogP contribution in [-0.2, 0) is 4.79 Å². The highest BCUT2D eigenvalue weighted by Gasteiger charge is 2.20. The van der Waals surface area contributed by atoms with Gasteiger partial charge in [-0.05, 0) is 31.2 Å². The van der Waals surface area contributed by atoms with E-state index in [1.165, 1.54) is 11.8 Å². The molecular formula is C26H20N4OS. The van der Waals surface area contributed by atoms with Gasteiger partial charge in [0.1, 0.15) is 5.78 Å². The number of para-hydroxylation sites is 2. The van der Waals surface area contributed by atoms with Crippen molar-refractivity contribution in [2.75, 3.05) is 5.75 Å². The van der Waals surface area contributed by atoms with Crippen LogP contribution in [0.2, 0.25) is 0 Å². The summed E-state index contributed by atoms with van der Waals surface area (Å²) in [6, 6.07) is 30.2. The number of thioether (sulfide) groups is 1. The summed E-state index contributed by atoms with van der Waals surface area (Å²) in [5, 5.41) is 10.7. The fourth-order valence-corrected chi connectivity index (χ4v) is 4.38. The second-order valence-electron chi connectivity index (χ2n) is 7.41. The number of carbonyl (C=O) groups excluding carboxylic acids is 1. The van der Waals surface area contributed by atoms with E-state index in [0.717, 1.165) is 39.2 Å². The first-order valence-electron chi connectivity index (χ1n) is 10.3. The van der Waals surface area contributed by atoms with E-state index in [2.05, 4.69) is 34.5 Å². The quantitative estimate of drug-likeness (QED) is 0.313. The highest BCUT2D eigenvalue weighted by molar-refractivity contribution is 7.99. The molecular weight excluding hydrogens is 416 g/mol. The number of rotatable bonds is 6. The number of carbonyl (C=O) groups is 1. The number of hydrogen-bond donors (Lipinski definition) is 0. The Labute approximate surface area is 190 Å². The van der Waals surface area contributed by atoms with E-state index in [1.54, 1.807) is 6.92 Å². The molecule has 0 spiro atoms. The van der Waals surface area contributed by atoms with Crippen molar-refractivity contribution in [2.45, 2.75) is 12.1 Å². The number of benzene rings is 3. The number of ketones is 1. The molecule has 156 valence electrons. The molecule has 0 fully saturated rings. The summed E-state index contributed by atoms with van der Waals surface area (Å²) >= 11 is 1.40. The van der Waals surface area contributed by atoms with Crippen molar-refractivity contribution < 1.29 is 4.79 Å². The molecule has 0 aliphatic carbocycles. The average molecular weight is 437 g/mol. The minimum atomic E-state index is 0.0971. The van der Waals surface area contributed by atoms with Crippen molar-refractivity contribution in [1.82, 2.24) is 19.7 Å². The molecule has 0 unspecified atom stereocenters. The molecule has 2 heterocycles. The topological polar surface area (TPSA) is 60.7 Å². The van der Waals surface area contributed by atoms with Crippen LogP contribution in [0, 0.1) is 0 Å². The van der Waals surface area contributed by atoms with Gasteiger partial charge in [-0.1, -0.05) is 78.5 Å². The van der Waals surface area contributed by atoms with Crippen LogP contribution in [0.4, 0.5) is 0 Å². The molecule has 5 aromatic rings. The van der Waals surface area contributed by atoms with Crippen LogP contribution in [0.5, 0.6) is 0 Å². The lowest BCUT2D eigenvalue weighted by Crippen LogP contribution is -2.02. The van der Waals surface area contributed by atoms with E-state index in [9.17, 15) is 4.79 Å². The molecule has 0 saturated carbocycles. The third-order valence-corrected chi connectivity index (χ3v) is 6.15. The number of nitrogens with zero attached hydrogens (tertiary/aromatic N) is 4. The maximum atomic E-state index is 11.6. The number of Topliss-reactive ketones (excluding diaryl/α,β-unsaturated/α-hetero) is 1. The van der Waals surface area contributed by atoms with Crippen LogP contribution in [-0.4, -0.2) is 31.3 Å². The van der Waals surface area contributed by atoms with Crippen molar-refractivity contribution in [1.29, 1.82) is 0 Å². The first-order valence-corrected chi connectivity index (χ1v) is 11.3. The van der Waals surface area contributed by atoms with E-state index >= 15 is 0 Å². The second-order valence-corrected chi connectivity index (χ2v) is 8.35. The molecule has 3 aromatic carbocycles. The van der Waals surface area contributed by atoms with E-state index in [-0.39, 0.29) is 5.78 Å². The summed E-state index contributed by atoms with van der Waals surface area (Å²) in [7, 11) is 0. The normalized spacial score (nSPS) is 11.0. The zero-order valence-corrected chi connectivity index (χ0v) is 18.3. The first kappa shape index (κ1) is 20.2. The molecule has 0 bridgehead atoms. The van der Waals surface area contributed by atoms with Crippen LogP contribution in [0.1, 0.15) is 6.92 Å². The summed E-state index contributed by atoms with van der Waals surface area (Å²) < 4.78 is 2.02. The predicted molar refractivity (Wildman–Crippen MR) is 129 cm³/mol. The third-order valence-electron chi connectivity index (χ3n) is 5.08. The molecule has 0 radical (unpaired) electrons. The second kappa shape index (κ2) is 8.77. The van der Waals surface area contributed by atoms with Gasteiger partial charge in [0.25, 0.3) is 0 Å². The lowest BCUT2D eigenvalue weighted by Gasteiger charge is -2.13. The monoisotopic (exact) mass is 436 g/mol. The molecule has 32 heavy (non-hydrogen) atoms. The zero-order valence-electron chi connectivity index (χ0n) is 17.5. The Bertz CT molecular complexity index is 1400. The molecule has 0 aliphatic rings.